The Morgan fingerprint density at radius 3 is 2.61 bits per heavy atom. The molecule has 2 rings (SSSR count). The fourth-order valence-electron chi connectivity index (χ4n) is 1.46. The summed E-state index contributed by atoms with van der Waals surface area (Å²) in [4.78, 5) is 30.2. The standard InChI is InChI=1S/C11H9N3O4/c1-18-10-5-14(7-3-12-6-13-4-7)8(11(16)17)2-9(10)15/h2-6H,1H3,(H,16,17). The number of hydrogen-bond donors (Lipinski definition) is 1. The first-order chi connectivity index (χ1) is 8.63. The molecule has 2 aromatic rings. The lowest BCUT2D eigenvalue weighted by atomic mass is 10.3. The molecular weight excluding hydrogens is 238 g/mol. The topological polar surface area (TPSA) is 94.3 Å². The van der Waals surface area contributed by atoms with Gasteiger partial charge in [0.1, 0.15) is 12.0 Å². The van der Waals surface area contributed by atoms with Crippen LogP contribution in [-0.2, 0) is 0 Å². The van der Waals surface area contributed by atoms with Gasteiger partial charge in [-0.1, -0.05) is 0 Å². The third-order valence-electron chi connectivity index (χ3n) is 2.28. The molecule has 0 atom stereocenters. The number of pyridine rings is 1. The molecule has 7 nitrogen and oxygen atoms in total. The molecular formula is C11H9N3O4. The molecule has 92 valence electrons. The maximum atomic E-state index is 11.5. The van der Waals surface area contributed by atoms with Crippen LogP contribution in [-0.4, -0.2) is 32.7 Å². The van der Waals surface area contributed by atoms with E-state index in [1.165, 1.54) is 36.6 Å². The van der Waals surface area contributed by atoms with E-state index in [0.717, 1.165) is 6.07 Å². The van der Waals surface area contributed by atoms with Gasteiger partial charge in [-0.2, -0.15) is 0 Å². The zero-order chi connectivity index (χ0) is 13.1. The lowest BCUT2D eigenvalue weighted by Crippen LogP contribution is -2.17. The summed E-state index contributed by atoms with van der Waals surface area (Å²) in [5, 5.41) is 9.07. The Kier molecular flexibility index (Phi) is 3.05. The van der Waals surface area contributed by atoms with Crippen LogP contribution < -0.4 is 10.2 Å². The second-order valence-corrected chi connectivity index (χ2v) is 3.36. The van der Waals surface area contributed by atoms with E-state index >= 15 is 0 Å². The minimum Gasteiger partial charge on any atom is -0.491 e. The van der Waals surface area contributed by atoms with Gasteiger partial charge in [0.15, 0.2) is 5.75 Å². The quantitative estimate of drug-likeness (QED) is 0.840. The first-order valence-corrected chi connectivity index (χ1v) is 4.93. The Labute approximate surface area is 101 Å². The molecule has 0 radical (unpaired) electrons. The molecule has 0 amide bonds. The summed E-state index contributed by atoms with van der Waals surface area (Å²) in [7, 11) is 1.34. The van der Waals surface area contributed by atoms with Gasteiger partial charge in [0, 0.05) is 6.07 Å². The number of aromatic carboxylic acids is 1. The van der Waals surface area contributed by atoms with Crippen LogP contribution in [0, 0.1) is 0 Å². The molecule has 0 aliphatic rings. The zero-order valence-corrected chi connectivity index (χ0v) is 9.40. The molecule has 0 spiro atoms. The smallest absolute Gasteiger partial charge is 0.353 e. The number of aromatic nitrogens is 3. The van der Waals surface area contributed by atoms with Crippen molar-refractivity contribution in [2.45, 2.75) is 0 Å². The van der Waals surface area contributed by atoms with E-state index in [-0.39, 0.29) is 11.4 Å². The van der Waals surface area contributed by atoms with Gasteiger partial charge in [0.2, 0.25) is 5.43 Å². The van der Waals surface area contributed by atoms with Crippen molar-refractivity contribution in [1.82, 2.24) is 14.5 Å². The van der Waals surface area contributed by atoms with Gasteiger partial charge in [-0.25, -0.2) is 14.8 Å². The van der Waals surface area contributed by atoms with E-state index in [1.54, 1.807) is 0 Å². The monoisotopic (exact) mass is 247 g/mol. The summed E-state index contributed by atoms with van der Waals surface area (Å²) in [5.74, 6) is -1.18. The van der Waals surface area contributed by atoms with Crippen LogP contribution in [0.25, 0.3) is 5.69 Å². The van der Waals surface area contributed by atoms with Gasteiger partial charge in [0.25, 0.3) is 0 Å². The summed E-state index contributed by atoms with van der Waals surface area (Å²) in [5.41, 5.74) is -0.258. The highest BCUT2D eigenvalue weighted by molar-refractivity contribution is 5.86. The minimum absolute atomic E-state index is 0.0452. The van der Waals surface area contributed by atoms with E-state index in [2.05, 4.69) is 9.97 Å². The number of carboxylic acids is 1. The highest BCUT2D eigenvalue weighted by Crippen LogP contribution is 2.12. The fourth-order valence-corrected chi connectivity index (χ4v) is 1.46. The van der Waals surface area contributed by atoms with Gasteiger partial charge in [-0.05, 0) is 0 Å². The predicted octanol–water partition coefficient (Wildman–Crippen LogP) is 0.334. The Morgan fingerprint density at radius 2 is 2.06 bits per heavy atom. The van der Waals surface area contributed by atoms with Crippen molar-refractivity contribution in [3.05, 3.63) is 46.9 Å². The average Bonchev–Trinajstić information content (AvgIpc) is 2.39. The first kappa shape index (κ1) is 11.8. The van der Waals surface area contributed by atoms with Crippen molar-refractivity contribution in [3.63, 3.8) is 0 Å². The maximum Gasteiger partial charge on any atom is 0.353 e. The second kappa shape index (κ2) is 4.66. The summed E-state index contributed by atoms with van der Waals surface area (Å²) >= 11 is 0. The summed E-state index contributed by atoms with van der Waals surface area (Å²) in [6.45, 7) is 0. The van der Waals surface area contributed by atoms with E-state index in [0.29, 0.717) is 5.69 Å². The molecule has 0 aliphatic carbocycles. The number of methoxy groups -OCH3 is 1. The summed E-state index contributed by atoms with van der Waals surface area (Å²) < 4.78 is 6.16. The third-order valence-corrected chi connectivity index (χ3v) is 2.28. The van der Waals surface area contributed by atoms with Crippen molar-refractivity contribution in [1.29, 1.82) is 0 Å². The number of carboxylic acid groups (broad SMARTS) is 1. The molecule has 0 bridgehead atoms. The number of rotatable bonds is 3. The number of ether oxygens (including phenoxy) is 1. The molecule has 0 unspecified atom stereocenters. The van der Waals surface area contributed by atoms with E-state index in [9.17, 15) is 9.59 Å². The summed E-state index contributed by atoms with van der Waals surface area (Å²) in [6, 6.07) is 0.994. The van der Waals surface area contributed by atoms with E-state index in [4.69, 9.17) is 9.84 Å². The lowest BCUT2D eigenvalue weighted by molar-refractivity contribution is 0.0687. The van der Waals surface area contributed by atoms with Crippen LogP contribution >= 0.6 is 0 Å². The Bertz CT molecular complexity index is 636. The number of hydrogen-bond acceptors (Lipinski definition) is 5. The highest BCUT2D eigenvalue weighted by atomic mass is 16.5. The van der Waals surface area contributed by atoms with Gasteiger partial charge >= 0.3 is 5.97 Å². The molecule has 2 aromatic heterocycles. The van der Waals surface area contributed by atoms with Crippen molar-refractivity contribution < 1.29 is 14.6 Å². The minimum atomic E-state index is -1.22. The summed E-state index contributed by atoms with van der Waals surface area (Å²) in [6.07, 6.45) is 5.49. The van der Waals surface area contributed by atoms with Gasteiger partial charge in [-0.15, -0.1) is 0 Å². The fraction of sp³-hybridized carbons (Fsp3) is 0.0909. The molecule has 0 aromatic carbocycles. The Balaban J connectivity index is 2.72. The van der Waals surface area contributed by atoms with Crippen molar-refractivity contribution in [2.75, 3.05) is 7.11 Å². The molecule has 18 heavy (non-hydrogen) atoms. The largest absolute Gasteiger partial charge is 0.491 e. The number of carbonyl (C=O) groups is 1. The highest BCUT2D eigenvalue weighted by Gasteiger charge is 2.14. The van der Waals surface area contributed by atoms with Gasteiger partial charge < -0.3 is 14.4 Å². The van der Waals surface area contributed by atoms with Crippen molar-refractivity contribution >= 4 is 5.97 Å². The zero-order valence-electron chi connectivity index (χ0n) is 9.40. The average molecular weight is 247 g/mol. The van der Waals surface area contributed by atoms with Gasteiger partial charge in [0.05, 0.1) is 31.4 Å². The van der Waals surface area contributed by atoms with Crippen LogP contribution in [0.4, 0.5) is 0 Å². The SMILES string of the molecule is COc1cn(-c2cncnc2)c(C(=O)O)cc1=O. The number of nitrogens with zero attached hydrogens (tertiary/aromatic N) is 3. The van der Waals surface area contributed by atoms with E-state index in [1.807, 2.05) is 0 Å². The van der Waals surface area contributed by atoms with Crippen LogP contribution in [0.2, 0.25) is 0 Å². The normalized spacial score (nSPS) is 10.1. The first-order valence-electron chi connectivity index (χ1n) is 4.93. The molecule has 0 aliphatic heterocycles. The predicted molar refractivity (Wildman–Crippen MR) is 61.1 cm³/mol. The maximum absolute atomic E-state index is 11.5. The molecule has 0 saturated carbocycles. The van der Waals surface area contributed by atoms with Crippen molar-refractivity contribution in [2.24, 2.45) is 0 Å². The molecule has 1 N–H and O–H groups in total. The van der Waals surface area contributed by atoms with E-state index < -0.39 is 11.4 Å². The molecule has 0 fully saturated rings. The Morgan fingerprint density at radius 1 is 1.39 bits per heavy atom. The van der Waals surface area contributed by atoms with Gasteiger partial charge in [-0.3, -0.25) is 4.79 Å². The van der Waals surface area contributed by atoms with Crippen molar-refractivity contribution in [3.8, 4) is 11.4 Å². The Hall–Kier alpha value is -2.70. The molecule has 7 heteroatoms. The van der Waals surface area contributed by atoms with Crippen LogP contribution in [0.5, 0.6) is 5.75 Å². The van der Waals surface area contributed by atoms with Crippen LogP contribution in [0.3, 0.4) is 0 Å². The van der Waals surface area contributed by atoms with Crippen LogP contribution in [0.15, 0.2) is 35.8 Å². The third kappa shape index (κ3) is 2.05. The molecule has 2 heterocycles. The second-order valence-electron chi connectivity index (χ2n) is 3.36. The lowest BCUT2D eigenvalue weighted by Gasteiger charge is -2.11. The molecule has 0 saturated heterocycles. The van der Waals surface area contributed by atoms with Crippen LogP contribution in [0.1, 0.15) is 10.5 Å².